The third-order valence-electron chi connectivity index (χ3n) is 5.31. The molecule has 166 valence electrons. The second-order valence-electron chi connectivity index (χ2n) is 7.60. The van der Waals surface area contributed by atoms with Gasteiger partial charge in [0.25, 0.3) is 17.4 Å². The van der Waals surface area contributed by atoms with E-state index in [-0.39, 0.29) is 24.1 Å². The highest BCUT2D eigenvalue weighted by atomic mass is 35.5. The molecule has 1 aliphatic carbocycles. The summed E-state index contributed by atoms with van der Waals surface area (Å²) in [5, 5.41) is 2.57. The molecule has 0 saturated heterocycles. The maximum Gasteiger partial charge on any atom is 0.278 e. The van der Waals surface area contributed by atoms with Crippen molar-refractivity contribution in [2.24, 2.45) is 0 Å². The van der Waals surface area contributed by atoms with Gasteiger partial charge in [0.15, 0.2) is 5.54 Å². The number of alkyl halides is 4. The molecular formula is C20H21ClF3N5O2. The lowest BCUT2D eigenvalue weighted by atomic mass is 9.89. The van der Waals surface area contributed by atoms with Gasteiger partial charge in [-0.25, -0.2) is 23.1 Å². The number of aryl methyl sites for hydroxylation is 1. The molecular weight excluding hydrogens is 435 g/mol. The molecule has 0 aromatic carbocycles. The largest absolute Gasteiger partial charge is 0.351 e. The summed E-state index contributed by atoms with van der Waals surface area (Å²) in [5.41, 5.74) is -3.50. The summed E-state index contributed by atoms with van der Waals surface area (Å²) < 4.78 is 41.3. The molecule has 0 unspecified atom stereocenters. The number of carbonyl (C=O) groups excluding carboxylic acids is 2. The van der Waals surface area contributed by atoms with Crippen molar-refractivity contribution >= 4 is 29.1 Å². The number of halogens is 4. The highest BCUT2D eigenvalue weighted by molar-refractivity contribution is 6.32. The quantitative estimate of drug-likeness (QED) is 0.675. The summed E-state index contributed by atoms with van der Waals surface area (Å²) in [6.45, 7) is 3.07. The number of hydrogen-bond donors (Lipinski definition) is 1. The second-order valence-corrected chi connectivity index (χ2v) is 7.98. The van der Waals surface area contributed by atoms with Gasteiger partial charge in [-0.1, -0.05) is 11.6 Å². The number of pyridine rings is 1. The standard InChI is InChI=1S/C20H21ClF3N5O2/c1-12-3-4-15(10-27-12)29(17(30)16(21)22)19(2,13-8-25-11-26-9-13)18(31)28-14-5-6-20(23,24)7-14/h3-4,8-11,14,16H,5-7H2,1-2H3,(H,28,31)/t14-,16-,19+/m0/s1. The van der Waals surface area contributed by atoms with Crippen LogP contribution in [0.5, 0.6) is 0 Å². The monoisotopic (exact) mass is 455 g/mol. The average molecular weight is 456 g/mol. The molecule has 0 radical (unpaired) electrons. The van der Waals surface area contributed by atoms with Crippen molar-refractivity contribution in [2.75, 3.05) is 4.90 Å². The van der Waals surface area contributed by atoms with Gasteiger partial charge in [-0.3, -0.25) is 19.5 Å². The van der Waals surface area contributed by atoms with Gasteiger partial charge >= 0.3 is 0 Å². The summed E-state index contributed by atoms with van der Waals surface area (Å²) in [4.78, 5) is 39.0. The minimum absolute atomic E-state index is 0.0708. The molecule has 31 heavy (non-hydrogen) atoms. The molecule has 2 heterocycles. The molecule has 0 aliphatic heterocycles. The summed E-state index contributed by atoms with van der Waals surface area (Å²) in [7, 11) is 0. The van der Waals surface area contributed by atoms with E-state index in [0.717, 1.165) is 4.90 Å². The van der Waals surface area contributed by atoms with E-state index in [1.807, 2.05) is 0 Å². The lowest BCUT2D eigenvalue weighted by Crippen LogP contribution is -2.59. The molecule has 0 spiro atoms. The second kappa shape index (κ2) is 8.78. The predicted molar refractivity (Wildman–Crippen MR) is 107 cm³/mol. The molecule has 0 bridgehead atoms. The fraction of sp³-hybridized carbons (Fsp3) is 0.450. The van der Waals surface area contributed by atoms with Crippen molar-refractivity contribution in [1.29, 1.82) is 0 Å². The lowest BCUT2D eigenvalue weighted by Gasteiger charge is -2.40. The first-order chi connectivity index (χ1) is 14.5. The summed E-state index contributed by atoms with van der Waals surface area (Å²) in [5.74, 6) is -4.90. The van der Waals surface area contributed by atoms with Crippen LogP contribution in [0.1, 0.15) is 37.4 Å². The van der Waals surface area contributed by atoms with Crippen molar-refractivity contribution in [3.63, 3.8) is 0 Å². The first-order valence-electron chi connectivity index (χ1n) is 9.54. The highest BCUT2D eigenvalue weighted by Gasteiger charge is 2.49. The number of amides is 2. The van der Waals surface area contributed by atoms with E-state index < -0.39 is 41.4 Å². The minimum Gasteiger partial charge on any atom is -0.351 e. The molecule has 2 aromatic heterocycles. The summed E-state index contributed by atoms with van der Waals surface area (Å²) in [6, 6.07) is 2.25. The van der Waals surface area contributed by atoms with Crippen molar-refractivity contribution < 1.29 is 22.8 Å². The summed E-state index contributed by atoms with van der Waals surface area (Å²) in [6.07, 6.45) is 4.28. The van der Waals surface area contributed by atoms with Crippen LogP contribution in [-0.2, 0) is 15.1 Å². The third-order valence-corrected chi connectivity index (χ3v) is 5.50. The Kier molecular flexibility index (Phi) is 6.49. The Morgan fingerprint density at radius 2 is 1.97 bits per heavy atom. The van der Waals surface area contributed by atoms with Crippen LogP contribution in [0.15, 0.2) is 37.1 Å². The van der Waals surface area contributed by atoms with Crippen molar-refractivity contribution in [3.8, 4) is 0 Å². The van der Waals surface area contributed by atoms with Gasteiger partial charge in [-0.05, 0) is 32.4 Å². The molecule has 1 N–H and O–H groups in total. The Labute approximate surface area is 182 Å². The van der Waals surface area contributed by atoms with E-state index >= 15 is 0 Å². The highest BCUT2D eigenvalue weighted by Crippen LogP contribution is 2.37. The maximum absolute atomic E-state index is 14.0. The van der Waals surface area contributed by atoms with Crippen LogP contribution in [-0.4, -0.2) is 44.4 Å². The first kappa shape index (κ1) is 22.9. The van der Waals surface area contributed by atoms with Crippen LogP contribution in [0, 0.1) is 6.92 Å². The van der Waals surface area contributed by atoms with Crippen molar-refractivity contribution in [1.82, 2.24) is 20.3 Å². The zero-order valence-electron chi connectivity index (χ0n) is 16.9. The fourth-order valence-electron chi connectivity index (χ4n) is 3.61. The number of nitrogens with one attached hydrogen (secondary N) is 1. The van der Waals surface area contributed by atoms with Crippen LogP contribution in [0.25, 0.3) is 0 Å². The Bertz CT molecular complexity index is 946. The van der Waals surface area contributed by atoms with Crippen LogP contribution in [0.3, 0.4) is 0 Å². The third kappa shape index (κ3) is 4.79. The zero-order valence-corrected chi connectivity index (χ0v) is 17.6. The molecule has 1 fully saturated rings. The molecule has 7 nitrogen and oxygen atoms in total. The van der Waals surface area contributed by atoms with Gasteiger partial charge in [0.2, 0.25) is 5.92 Å². The fourth-order valence-corrected chi connectivity index (χ4v) is 3.70. The molecule has 1 saturated carbocycles. The van der Waals surface area contributed by atoms with Gasteiger partial charge < -0.3 is 5.32 Å². The topological polar surface area (TPSA) is 88.1 Å². The number of nitrogens with zero attached hydrogens (tertiary/aromatic N) is 4. The number of aromatic nitrogens is 3. The Hall–Kier alpha value is -2.75. The molecule has 3 atom stereocenters. The van der Waals surface area contributed by atoms with Crippen molar-refractivity contribution in [3.05, 3.63) is 48.3 Å². The van der Waals surface area contributed by atoms with E-state index in [1.165, 1.54) is 37.9 Å². The first-order valence-corrected chi connectivity index (χ1v) is 9.97. The lowest BCUT2D eigenvalue weighted by molar-refractivity contribution is -0.131. The Balaban J connectivity index is 2.09. The van der Waals surface area contributed by atoms with Crippen LogP contribution in [0.4, 0.5) is 18.9 Å². The van der Waals surface area contributed by atoms with Crippen molar-refractivity contribution in [2.45, 2.75) is 56.2 Å². The molecule has 1 aliphatic rings. The normalized spacial score (nSPS) is 20.5. The number of carbonyl (C=O) groups is 2. The molecule has 2 aromatic rings. The van der Waals surface area contributed by atoms with E-state index in [0.29, 0.717) is 5.69 Å². The Morgan fingerprint density at radius 1 is 1.29 bits per heavy atom. The summed E-state index contributed by atoms with van der Waals surface area (Å²) >= 11 is 5.47. The average Bonchev–Trinajstić information content (AvgIpc) is 3.08. The van der Waals surface area contributed by atoms with E-state index in [2.05, 4.69) is 20.3 Å². The minimum atomic E-state index is -2.89. The predicted octanol–water partition coefficient (Wildman–Crippen LogP) is 3.27. The zero-order chi connectivity index (χ0) is 22.8. The van der Waals surface area contributed by atoms with E-state index in [4.69, 9.17) is 11.6 Å². The molecule has 11 heteroatoms. The van der Waals surface area contributed by atoms with Crippen LogP contribution >= 0.6 is 11.6 Å². The molecule has 2 amide bonds. The van der Waals surface area contributed by atoms with Gasteiger partial charge in [0.1, 0.15) is 6.33 Å². The number of anilines is 1. The van der Waals surface area contributed by atoms with Gasteiger partial charge in [-0.2, -0.15) is 0 Å². The number of hydrogen-bond acceptors (Lipinski definition) is 5. The van der Waals surface area contributed by atoms with Gasteiger partial charge in [0.05, 0.1) is 11.9 Å². The smallest absolute Gasteiger partial charge is 0.278 e. The molecule has 3 rings (SSSR count). The maximum atomic E-state index is 14.0. The van der Waals surface area contributed by atoms with E-state index in [1.54, 1.807) is 13.0 Å². The van der Waals surface area contributed by atoms with Gasteiger partial charge in [0, 0.05) is 42.5 Å². The SMILES string of the molecule is Cc1ccc(N(C(=O)[C@H](F)Cl)[C@@](C)(C(=O)N[C@H]2CCC(F)(F)C2)c2cncnc2)cn1. The Morgan fingerprint density at radius 3 is 2.48 bits per heavy atom. The van der Waals surface area contributed by atoms with Crippen LogP contribution in [0.2, 0.25) is 0 Å². The van der Waals surface area contributed by atoms with Gasteiger partial charge in [-0.15, -0.1) is 0 Å². The van der Waals surface area contributed by atoms with Crippen LogP contribution < -0.4 is 10.2 Å². The number of rotatable bonds is 6. The van der Waals surface area contributed by atoms with E-state index in [9.17, 15) is 22.8 Å².